The predicted octanol–water partition coefficient (Wildman–Crippen LogP) is 22.0. The summed E-state index contributed by atoms with van der Waals surface area (Å²) < 4.78 is 43.0. The third-order valence-corrected chi connectivity index (χ3v) is 24.9. The van der Waals surface area contributed by atoms with Gasteiger partial charge in [0.25, 0.3) is 0 Å². The Kier molecular flexibility index (Phi) is 32.6. The maximum Gasteiger partial charge on any atom is 0.307 e. The van der Waals surface area contributed by atoms with E-state index in [0.29, 0.717) is 0 Å². The monoisotopic (exact) mass is 1620 g/mol. The van der Waals surface area contributed by atoms with Crippen molar-refractivity contribution >= 4 is 187 Å². The molecule has 9 rings (SSSR count). The van der Waals surface area contributed by atoms with Gasteiger partial charge in [-0.3, -0.25) is 38.4 Å². The van der Waals surface area contributed by atoms with Crippen LogP contribution in [0, 0.1) is 0 Å². The molecule has 16 nitrogen and oxygen atoms in total. The lowest BCUT2D eigenvalue weighted by Gasteiger charge is -2.09. The first-order valence-electron chi connectivity index (χ1n) is 34.4. The molecule has 0 unspecified atom stereocenters. The molecular formula is C86H78O16S8. The summed E-state index contributed by atoms with van der Waals surface area (Å²) in [5.41, 5.74) is 3.74. The zero-order valence-electron chi connectivity index (χ0n) is 59.9. The number of carbonyl (C=O) groups is 8. The summed E-state index contributed by atoms with van der Waals surface area (Å²) in [6.45, 7) is 29.2. The second-order valence-electron chi connectivity index (χ2n) is 23.7. The molecule has 110 heavy (non-hydrogen) atoms. The number of esters is 8. The normalized spacial score (nSPS) is 11.4. The molecule has 0 spiro atoms. The Labute approximate surface area is 670 Å². The summed E-state index contributed by atoms with van der Waals surface area (Å²) in [5.74, 6) is -4.27. The summed E-state index contributed by atoms with van der Waals surface area (Å²) >= 11 is 12.5. The standard InChI is InChI=1S/C86H78O16S8/c1-9-59(10-2)99-83(91)45-41-79(87)95-51-67-29-37-75(107-67)71-33-25-63(103-71)21-17-55-49-57(19-23-65-27-35-73(105-65)77-39-31-69(109-77)53-97-81(89)43-47-85(93)101-61(13-5)14-6)58(20-24-66-28-36-74(106-66)78-40-32-70(110-78)54-98-82(90)44-48-86(94)102-62(15-7)16-8)50-56(55)18-22-64-26-34-72(104-64)76-38-30-68(108-76)52-96-80(88)42-46-84(92)100-60(11-3)12-4/h9-40,49-50,59-62H,1-8,41-48,51-54H2/b21-17+,22-18+,23-19+,24-20+. The van der Waals surface area contributed by atoms with E-state index in [1.54, 1.807) is 45.3 Å². The van der Waals surface area contributed by atoms with Gasteiger partial charge in [-0.2, -0.15) is 0 Å². The van der Waals surface area contributed by atoms with Crippen molar-refractivity contribution in [1.29, 1.82) is 0 Å². The third kappa shape index (κ3) is 26.4. The van der Waals surface area contributed by atoms with E-state index in [0.717, 1.165) is 100 Å². The molecule has 0 atom stereocenters. The molecule has 0 saturated carbocycles. The number of hydrogen-bond acceptors (Lipinski definition) is 24. The zero-order valence-corrected chi connectivity index (χ0v) is 66.4. The van der Waals surface area contributed by atoms with Gasteiger partial charge in [0.1, 0.15) is 50.8 Å². The van der Waals surface area contributed by atoms with E-state index >= 15 is 0 Å². The van der Waals surface area contributed by atoms with Crippen LogP contribution in [-0.4, -0.2) is 72.2 Å². The van der Waals surface area contributed by atoms with Crippen molar-refractivity contribution < 1.29 is 76.3 Å². The summed E-state index contributed by atoms with van der Waals surface area (Å²) in [6.07, 6.45) is 24.8. The van der Waals surface area contributed by atoms with Gasteiger partial charge in [-0.05, 0) is 204 Å². The van der Waals surface area contributed by atoms with Gasteiger partial charge in [0.2, 0.25) is 0 Å². The lowest BCUT2D eigenvalue weighted by molar-refractivity contribution is -0.151. The Bertz CT molecular complexity index is 4300. The molecule has 24 heteroatoms. The minimum Gasteiger partial charge on any atom is -0.460 e. The van der Waals surface area contributed by atoms with Crippen LogP contribution in [0.4, 0.5) is 0 Å². The molecule has 8 aromatic heterocycles. The van der Waals surface area contributed by atoms with Crippen molar-refractivity contribution in [1.82, 2.24) is 0 Å². The fraction of sp³-hybridized carbons (Fsp3) is 0.186. The number of hydrogen-bond donors (Lipinski definition) is 0. The zero-order chi connectivity index (χ0) is 78.3. The molecule has 0 N–H and O–H groups in total. The molecule has 0 radical (unpaired) electrons. The maximum absolute atomic E-state index is 12.6. The highest BCUT2D eigenvalue weighted by Gasteiger charge is 2.20. The van der Waals surface area contributed by atoms with Crippen LogP contribution in [0.25, 0.3) is 87.6 Å². The van der Waals surface area contributed by atoms with Crippen LogP contribution < -0.4 is 0 Å². The first-order chi connectivity index (χ1) is 53.3. The first-order valence-corrected chi connectivity index (χ1v) is 40.9. The van der Waals surface area contributed by atoms with Gasteiger partial charge < -0.3 is 37.9 Å². The molecule has 0 saturated heterocycles. The lowest BCUT2D eigenvalue weighted by Crippen LogP contribution is -2.15. The molecule has 566 valence electrons. The van der Waals surface area contributed by atoms with Crippen LogP contribution in [0.2, 0.25) is 0 Å². The van der Waals surface area contributed by atoms with Crippen LogP contribution in [0.3, 0.4) is 0 Å². The van der Waals surface area contributed by atoms with E-state index in [1.807, 2.05) is 48.5 Å². The number of rotatable bonds is 44. The quantitative estimate of drug-likeness (QED) is 0.0197. The van der Waals surface area contributed by atoms with E-state index < -0.39 is 72.2 Å². The molecule has 0 bridgehead atoms. The summed E-state index contributed by atoms with van der Waals surface area (Å²) in [5, 5.41) is 0. The van der Waals surface area contributed by atoms with Gasteiger partial charge in [0.15, 0.2) is 0 Å². The van der Waals surface area contributed by atoms with Gasteiger partial charge in [0, 0.05) is 78.0 Å². The average Bonchev–Trinajstić information content (AvgIpc) is 1.31. The molecule has 9 aromatic rings. The van der Waals surface area contributed by atoms with E-state index in [9.17, 15) is 38.4 Å². The third-order valence-electron chi connectivity index (χ3n) is 15.7. The average molecular weight is 1620 g/mol. The van der Waals surface area contributed by atoms with Crippen LogP contribution in [0.5, 0.6) is 0 Å². The topological polar surface area (TPSA) is 210 Å². The second kappa shape index (κ2) is 43.0. The smallest absolute Gasteiger partial charge is 0.307 e. The number of thiophene rings is 8. The summed E-state index contributed by atoms with van der Waals surface area (Å²) in [7, 11) is 0. The fourth-order valence-electron chi connectivity index (χ4n) is 9.91. The van der Waals surface area contributed by atoms with E-state index in [-0.39, 0.29) is 77.8 Å². The van der Waals surface area contributed by atoms with Crippen molar-refractivity contribution in [2.45, 2.75) is 102 Å². The highest BCUT2D eigenvalue weighted by molar-refractivity contribution is 7.24. The van der Waals surface area contributed by atoms with Crippen LogP contribution >= 0.6 is 90.7 Å². The largest absolute Gasteiger partial charge is 0.460 e. The predicted molar refractivity (Wildman–Crippen MR) is 450 cm³/mol. The molecule has 0 fully saturated rings. The van der Waals surface area contributed by atoms with Gasteiger partial charge in [-0.1, -0.05) is 76.9 Å². The minimum atomic E-state index is -0.638. The molecule has 1 aromatic carbocycles. The number of carbonyl (C=O) groups excluding carboxylic acids is 8. The van der Waals surface area contributed by atoms with Gasteiger partial charge in [-0.25, -0.2) is 0 Å². The summed E-state index contributed by atoms with van der Waals surface area (Å²) in [4.78, 5) is 115. The first kappa shape index (κ1) is 83.5. The van der Waals surface area contributed by atoms with Gasteiger partial charge in [-0.15, -0.1) is 90.7 Å². The Morgan fingerprint density at radius 3 is 0.627 bits per heavy atom. The molecule has 8 heterocycles. The van der Waals surface area contributed by atoms with Crippen molar-refractivity contribution in [3.63, 3.8) is 0 Å². The van der Waals surface area contributed by atoms with Crippen LogP contribution in [0.1, 0.15) is 113 Å². The lowest BCUT2D eigenvalue weighted by atomic mass is 9.96. The molecule has 0 aliphatic carbocycles. The van der Waals surface area contributed by atoms with E-state index in [1.165, 1.54) is 94.0 Å². The number of ether oxygens (including phenoxy) is 8. The van der Waals surface area contributed by atoms with Gasteiger partial charge >= 0.3 is 47.8 Å². The second-order valence-corrected chi connectivity index (χ2v) is 32.8. The molecule has 0 aliphatic rings. The molecule has 0 aliphatic heterocycles. The van der Waals surface area contributed by atoms with E-state index in [2.05, 4.69) is 162 Å². The Balaban J connectivity index is 0.978. The van der Waals surface area contributed by atoms with Gasteiger partial charge in [0.05, 0.1) is 51.4 Å². The maximum atomic E-state index is 12.6. The van der Waals surface area contributed by atoms with Crippen molar-refractivity contribution in [3.05, 3.63) is 272 Å². The van der Waals surface area contributed by atoms with Crippen molar-refractivity contribution in [2.24, 2.45) is 0 Å². The minimum absolute atomic E-state index is 0.0581. The highest BCUT2D eigenvalue weighted by Crippen LogP contribution is 2.40. The Morgan fingerprint density at radius 2 is 0.427 bits per heavy atom. The highest BCUT2D eigenvalue weighted by atomic mass is 32.1. The Hall–Kier alpha value is -10.5. The molecular weight excluding hydrogens is 1550 g/mol. The van der Waals surface area contributed by atoms with Crippen LogP contribution in [-0.2, 0) is 103 Å². The SMILES string of the molecule is C=CC(C=C)OC(=O)CCC(=O)OCc1ccc(-c2ccc(/C=C/c3cc(/C=C/c4ccc(-c5ccc(COC(=O)CCC(=O)OC(C=C)C=C)s5)s4)c(/C=C/c4ccc(-c5ccc(COC(=O)CCC(=O)OC(C=C)C=C)s5)s4)cc3/C=C/c3ccc(-c4ccc(COC(=O)CCC(=O)OC(C=C)C=C)s4)s3)s2)s1. The number of benzene rings is 1. The Morgan fingerprint density at radius 1 is 0.245 bits per heavy atom. The fourth-order valence-corrected chi connectivity index (χ4v) is 17.6. The van der Waals surface area contributed by atoms with Crippen molar-refractivity contribution in [2.75, 3.05) is 0 Å². The van der Waals surface area contributed by atoms with Crippen molar-refractivity contribution in [3.8, 4) is 39.0 Å². The van der Waals surface area contributed by atoms with Crippen LogP contribution in [0.15, 0.2) is 210 Å². The summed E-state index contributed by atoms with van der Waals surface area (Å²) in [6, 6.07) is 36.6. The molecule has 0 amide bonds. The van der Waals surface area contributed by atoms with E-state index in [4.69, 9.17) is 37.9 Å².